The summed E-state index contributed by atoms with van der Waals surface area (Å²) in [5.41, 5.74) is 6.15. The molecule has 3 aromatic carbocycles. The minimum absolute atomic E-state index is 0.0642. The summed E-state index contributed by atoms with van der Waals surface area (Å²) >= 11 is 1.39. The molecule has 1 amide bonds. The first-order chi connectivity index (χ1) is 16.4. The largest absolute Gasteiger partial charge is 0.340 e. The third-order valence-electron chi connectivity index (χ3n) is 6.07. The van der Waals surface area contributed by atoms with Gasteiger partial charge in [-0.3, -0.25) is 9.69 Å². The third kappa shape index (κ3) is 4.17. The maximum Gasteiger partial charge on any atom is 0.266 e. The maximum atomic E-state index is 13.4. The highest BCUT2D eigenvalue weighted by Gasteiger charge is 2.31. The van der Waals surface area contributed by atoms with E-state index >= 15 is 0 Å². The molecule has 0 N–H and O–H groups in total. The van der Waals surface area contributed by atoms with E-state index in [1.54, 1.807) is 24.1 Å². The minimum atomic E-state index is -0.243. The van der Waals surface area contributed by atoms with Crippen molar-refractivity contribution in [3.63, 3.8) is 0 Å². The highest BCUT2D eigenvalue weighted by molar-refractivity contribution is 8.18. The number of benzene rings is 3. The van der Waals surface area contributed by atoms with Gasteiger partial charge in [0.05, 0.1) is 10.6 Å². The number of likely N-dealkylation sites (N-methyl/N-ethyl adjacent to an activating group) is 1. The standard InChI is InChI=1S/C28H24FN3OS/c1-18-8-14-22(15-9-18)30-28-31(3)27(33)26(34-28)16-24-19(2)32(25-7-5-4-6-23(24)25)17-20-10-12-21(29)13-11-20/h4-16H,17H2,1-3H3. The molecule has 4 aromatic rings. The number of carbonyl (C=O) groups is 1. The normalized spacial score (nSPS) is 16.4. The molecule has 6 heteroatoms. The molecule has 2 heterocycles. The van der Waals surface area contributed by atoms with Crippen LogP contribution in [0.15, 0.2) is 82.7 Å². The van der Waals surface area contributed by atoms with Gasteiger partial charge in [-0.15, -0.1) is 0 Å². The van der Waals surface area contributed by atoms with Crippen LogP contribution in [-0.4, -0.2) is 27.6 Å². The summed E-state index contributed by atoms with van der Waals surface area (Å²) in [5.74, 6) is -0.308. The SMILES string of the molecule is Cc1ccc(N=C2SC(=Cc3c(C)n(Cc4ccc(F)cc4)c4ccccc34)C(=O)N2C)cc1. The molecule has 34 heavy (non-hydrogen) atoms. The molecule has 0 saturated carbocycles. The Labute approximate surface area is 202 Å². The van der Waals surface area contributed by atoms with E-state index in [1.165, 1.54) is 29.5 Å². The first-order valence-corrected chi connectivity index (χ1v) is 11.9. The molecule has 1 aliphatic rings. The van der Waals surface area contributed by atoms with E-state index in [9.17, 15) is 9.18 Å². The number of carbonyl (C=O) groups excluding carboxylic acids is 1. The molecular formula is C28H24FN3OS. The van der Waals surface area contributed by atoms with Gasteiger partial charge in [0.25, 0.3) is 5.91 Å². The molecule has 0 aliphatic carbocycles. The van der Waals surface area contributed by atoms with Crippen LogP contribution in [0.1, 0.15) is 22.4 Å². The van der Waals surface area contributed by atoms with Crippen molar-refractivity contribution in [2.24, 2.45) is 4.99 Å². The van der Waals surface area contributed by atoms with E-state index in [0.717, 1.165) is 33.4 Å². The summed E-state index contributed by atoms with van der Waals surface area (Å²) < 4.78 is 15.6. The Bertz CT molecular complexity index is 1450. The van der Waals surface area contributed by atoms with Gasteiger partial charge in [0.2, 0.25) is 0 Å². The van der Waals surface area contributed by atoms with Gasteiger partial charge >= 0.3 is 0 Å². The zero-order chi connectivity index (χ0) is 23.8. The lowest BCUT2D eigenvalue weighted by Crippen LogP contribution is -2.23. The van der Waals surface area contributed by atoms with Crippen molar-refractivity contribution in [1.82, 2.24) is 9.47 Å². The minimum Gasteiger partial charge on any atom is -0.340 e. The first-order valence-electron chi connectivity index (χ1n) is 11.1. The van der Waals surface area contributed by atoms with Crippen molar-refractivity contribution in [3.8, 4) is 0 Å². The van der Waals surface area contributed by atoms with Gasteiger partial charge < -0.3 is 4.57 Å². The lowest BCUT2D eigenvalue weighted by Gasteiger charge is -2.09. The van der Waals surface area contributed by atoms with Crippen LogP contribution in [0.25, 0.3) is 17.0 Å². The number of amidine groups is 1. The number of hydrogen-bond acceptors (Lipinski definition) is 3. The number of thioether (sulfide) groups is 1. The number of aliphatic imine (C=N–C) groups is 1. The van der Waals surface area contributed by atoms with Crippen LogP contribution in [0.4, 0.5) is 10.1 Å². The summed E-state index contributed by atoms with van der Waals surface area (Å²) in [5, 5.41) is 1.74. The van der Waals surface area contributed by atoms with Crippen LogP contribution >= 0.6 is 11.8 Å². The second-order valence-corrected chi connectivity index (χ2v) is 9.44. The Balaban J connectivity index is 1.53. The molecule has 0 spiro atoms. The van der Waals surface area contributed by atoms with E-state index in [4.69, 9.17) is 0 Å². The van der Waals surface area contributed by atoms with Crippen molar-refractivity contribution in [3.05, 3.63) is 106 Å². The molecule has 1 fully saturated rings. The number of aryl methyl sites for hydroxylation is 1. The second-order valence-electron chi connectivity index (χ2n) is 8.43. The monoisotopic (exact) mass is 469 g/mol. The average Bonchev–Trinajstić information content (AvgIpc) is 3.25. The van der Waals surface area contributed by atoms with Gasteiger partial charge in [0.1, 0.15) is 5.82 Å². The average molecular weight is 470 g/mol. The first kappa shape index (κ1) is 22.2. The molecule has 1 saturated heterocycles. The third-order valence-corrected chi connectivity index (χ3v) is 7.13. The fourth-order valence-electron chi connectivity index (χ4n) is 4.13. The van der Waals surface area contributed by atoms with Gasteiger partial charge in [-0.2, -0.15) is 0 Å². The quantitative estimate of drug-likeness (QED) is 0.313. The van der Waals surface area contributed by atoms with Crippen LogP contribution in [-0.2, 0) is 11.3 Å². The molecule has 1 aromatic heterocycles. The van der Waals surface area contributed by atoms with Crippen LogP contribution in [0.3, 0.4) is 0 Å². The molecule has 170 valence electrons. The summed E-state index contributed by atoms with van der Waals surface area (Å²) in [4.78, 5) is 20.0. The van der Waals surface area contributed by atoms with Crippen molar-refractivity contribution in [1.29, 1.82) is 0 Å². The van der Waals surface area contributed by atoms with Crippen LogP contribution in [0.2, 0.25) is 0 Å². The summed E-state index contributed by atoms with van der Waals surface area (Å²) in [6.07, 6.45) is 1.97. The van der Waals surface area contributed by atoms with Crippen molar-refractivity contribution >= 4 is 45.5 Å². The van der Waals surface area contributed by atoms with Crippen molar-refractivity contribution < 1.29 is 9.18 Å². The summed E-state index contributed by atoms with van der Waals surface area (Å²) in [6.45, 7) is 4.72. The molecule has 4 nitrogen and oxygen atoms in total. The highest BCUT2D eigenvalue weighted by atomic mass is 32.2. The lowest BCUT2D eigenvalue weighted by molar-refractivity contribution is -0.121. The molecule has 0 atom stereocenters. The van der Waals surface area contributed by atoms with Crippen LogP contribution < -0.4 is 0 Å². The van der Waals surface area contributed by atoms with Gasteiger partial charge in [-0.05, 0) is 67.6 Å². The van der Waals surface area contributed by atoms with Gasteiger partial charge in [-0.1, -0.05) is 48.0 Å². The number of para-hydroxylation sites is 1. The van der Waals surface area contributed by atoms with Crippen molar-refractivity contribution in [2.75, 3.05) is 7.05 Å². The smallest absolute Gasteiger partial charge is 0.266 e. The Morgan fingerprint density at radius 3 is 2.41 bits per heavy atom. The number of halogens is 1. The van der Waals surface area contributed by atoms with Crippen LogP contribution in [0.5, 0.6) is 0 Å². The number of fused-ring (bicyclic) bond motifs is 1. The highest BCUT2D eigenvalue weighted by Crippen LogP contribution is 2.36. The number of aromatic nitrogens is 1. The predicted molar refractivity (Wildman–Crippen MR) is 139 cm³/mol. The number of amides is 1. The van der Waals surface area contributed by atoms with E-state index in [1.807, 2.05) is 49.4 Å². The van der Waals surface area contributed by atoms with E-state index in [0.29, 0.717) is 16.6 Å². The zero-order valence-electron chi connectivity index (χ0n) is 19.2. The van der Waals surface area contributed by atoms with E-state index < -0.39 is 0 Å². The summed E-state index contributed by atoms with van der Waals surface area (Å²) in [6, 6.07) is 22.7. The topological polar surface area (TPSA) is 37.6 Å². The molecule has 0 bridgehead atoms. The Morgan fingerprint density at radius 2 is 1.68 bits per heavy atom. The number of rotatable bonds is 4. The second kappa shape index (κ2) is 8.95. The molecular weight excluding hydrogens is 445 g/mol. The van der Waals surface area contributed by atoms with Crippen LogP contribution in [0, 0.1) is 19.7 Å². The number of hydrogen-bond donors (Lipinski definition) is 0. The zero-order valence-corrected chi connectivity index (χ0v) is 20.1. The molecule has 1 aliphatic heterocycles. The molecule has 0 radical (unpaired) electrons. The Kier molecular flexibility index (Phi) is 5.84. The Morgan fingerprint density at radius 1 is 0.971 bits per heavy atom. The fourth-order valence-corrected chi connectivity index (χ4v) is 5.10. The van der Waals surface area contributed by atoms with Gasteiger partial charge in [-0.25, -0.2) is 9.38 Å². The van der Waals surface area contributed by atoms with Crippen molar-refractivity contribution in [2.45, 2.75) is 20.4 Å². The van der Waals surface area contributed by atoms with Gasteiger partial charge in [0, 0.05) is 35.8 Å². The Hall–Kier alpha value is -3.64. The van der Waals surface area contributed by atoms with E-state index in [-0.39, 0.29) is 11.7 Å². The summed E-state index contributed by atoms with van der Waals surface area (Å²) in [7, 11) is 1.76. The lowest BCUT2D eigenvalue weighted by atomic mass is 10.1. The molecule has 0 unspecified atom stereocenters. The maximum absolute atomic E-state index is 13.4. The molecule has 5 rings (SSSR count). The predicted octanol–water partition coefficient (Wildman–Crippen LogP) is 6.68. The van der Waals surface area contributed by atoms with Gasteiger partial charge in [0.15, 0.2) is 5.17 Å². The fraction of sp³-hybridized carbons (Fsp3) is 0.143. The van der Waals surface area contributed by atoms with E-state index in [2.05, 4.69) is 28.6 Å². The number of nitrogens with zero attached hydrogens (tertiary/aromatic N) is 3.